The van der Waals surface area contributed by atoms with Crippen LogP contribution in [0.3, 0.4) is 0 Å². The zero-order chi connectivity index (χ0) is 17.5. The topological polar surface area (TPSA) is 70.7 Å². The van der Waals surface area contributed by atoms with Gasteiger partial charge in [0.2, 0.25) is 5.91 Å². The number of carbonyl (C=O) groups is 2. The summed E-state index contributed by atoms with van der Waals surface area (Å²) in [7, 11) is 0. The standard InChI is InChI=1S/C17H24ClN3O3.ClH/c1-3-21(4-2)16(22)11-24-15-8-7-12(10-13(15)18)20-17(23)14-6-5-9-19-14;/h7-8,10,14,19H,3-6,9,11H2,1-2H3,(H,20,23);1H. The van der Waals surface area contributed by atoms with Crippen molar-refractivity contribution in [1.82, 2.24) is 10.2 Å². The fraction of sp³-hybridized carbons (Fsp3) is 0.529. The van der Waals surface area contributed by atoms with Gasteiger partial charge in [0, 0.05) is 18.8 Å². The van der Waals surface area contributed by atoms with Crippen LogP contribution in [0.15, 0.2) is 18.2 Å². The third-order valence-corrected chi connectivity index (χ3v) is 4.34. The van der Waals surface area contributed by atoms with E-state index in [9.17, 15) is 9.59 Å². The number of hydrogen-bond acceptors (Lipinski definition) is 4. The van der Waals surface area contributed by atoms with Crippen molar-refractivity contribution >= 4 is 41.5 Å². The van der Waals surface area contributed by atoms with Gasteiger partial charge in [-0.05, 0) is 51.4 Å². The van der Waals surface area contributed by atoms with Gasteiger partial charge in [-0.2, -0.15) is 0 Å². The molecule has 1 aliphatic heterocycles. The van der Waals surface area contributed by atoms with Crippen molar-refractivity contribution in [3.8, 4) is 5.75 Å². The zero-order valence-corrected chi connectivity index (χ0v) is 16.1. The Morgan fingerprint density at radius 2 is 2.08 bits per heavy atom. The van der Waals surface area contributed by atoms with Gasteiger partial charge in [0.1, 0.15) is 5.75 Å². The summed E-state index contributed by atoms with van der Waals surface area (Å²) in [5.41, 5.74) is 0.612. The van der Waals surface area contributed by atoms with Crippen molar-refractivity contribution < 1.29 is 14.3 Å². The molecular weight excluding hydrogens is 365 g/mol. The van der Waals surface area contributed by atoms with Crippen LogP contribution in [0, 0.1) is 0 Å². The summed E-state index contributed by atoms with van der Waals surface area (Å²) in [6, 6.07) is 4.86. The largest absolute Gasteiger partial charge is 0.482 e. The molecular formula is C17H25Cl2N3O3. The maximum absolute atomic E-state index is 12.1. The van der Waals surface area contributed by atoms with Gasteiger partial charge in [0.25, 0.3) is 5.91 Å². The van der Waals surface area contributed by atoms with Crippen LogP contribution in [0.4, 0.5) is 5.69 Å². The van der Waals surface area contributed by atoms with Crippen molar-refractivity contribution in [1.29, 1.82) is 0 Å². The van der Waals surface area contributed by atoms with E-state index in [1.54, 1.807) is 23.1 Å². The number of benzene rings is 1. The van der Waals surface area contributed by atoms with Crippen molar-refractivity contribution in [2.45, 2.75) is 32.7 Å². The van der Waals surface area contributed by atoms with Gasteiger partial charge in [-0.25, -0.2) is 0 Å². The molecule has 0 saturated carbocycles. The first-order valence-electron chi connectivity index (χ1n) is 8.29. The lowest BCUT2D eigenvalue weighted by Gasteiger charge is -2.19. The molecule has 6 nitrogen and oxygen atoms in total. The summed E-state index contributed by atoms with van der Waals surface area (Å²) < 4.78 is 5.49. The van der Waals surface area contributed by atoms with Crippen molar-refractivity contribution in [2.24, 2.45) is 0 Å². The highest BCUT2D eigenvalue weighted by Gasteiger charge is 2.22. The number of rotatable bonds is 7. The van der Waals surface area contributed by atoms with Crippen LogP contribution in [0.2, 0.25) is 5.02 Å². The molecule has 1 heterocycles. The monoisotopic (exact) mass is 389 g/mol. The molecule has 2 rings (SSSR count). The van der Waals surface area contributed by atoms with E-state index in [2.05, 4.69) is 10.6 Å². The lowest BCUT2D eigenvalue weighted by Crippen LogP contribution is -2.35. The lowest BCUT2D eigenvalue weighted by atomic mass is 10.2. The molecule has 1 fully saturated rings. The second kappa shape index (κ2) is 10.5. The molecule has 1 aromatic carbocycles. The second-order valence-electron chi connectivity index (χ2n) is 5.64. The molecule has 2 amide bonds. The maximum Gasteiger partial charge on any atom is 0.260 e. The Balaban J connectivity index is 0.00000312. The fourth-order valence-electron chi connectivity index (χ4n) is 2.64. The molecule has 8 heteroatoms. The molecule has 1 aromatic rings. The third kappa shape index (κ3) is 6.06. The van der Waals surface area contributed by atoms with Gasteiger partial charge < -0.3 is 20.3 Å². The number of ether oxygens (including phenoxy) is 1. The predicted octanol–water partition coefficient (Wildman–Crippen LogP) is 2.70. The van der Waals surface area contributed by atoms with E-state index in [1.807, 2.05) is 13.8 Å². The fourth-order valence-corrected chi connectivity index (χ4v) is 2.88. The molecule has 25 heavy (non-hydrogen) atoms. The highest BCUT2D eigenvalue weighted by atomic mass is 35.5. The van der Waals surface area contributed by atoms with Gasteiger partial charge in [0.05, 0.1) is 11.1 Å². The first kappa shape index (κ1) is 21.5. The Hall–Kier alpha value is -1.50. The molecule has 0 radical (unpaired) electrons. The van der Waals surface area contributed by atoms with Gasteiger partial charge >= 0.3 is 0 Å². The Kier molecular flexibility index (Phi) is 9.03. The Bertz CT molecular complexity index is 589. The molecule has 0 aliphatic carbocycles. The predicted molar refractivity (Wildman–Crippen MR) is 102 cm³/mol. The normalized spacial score (nSPS) is 16.0. The minimum Gasteiger partial charge on any atom is -0.482 e. The molecule has 0 aromatic heterocycles. The summed E-state index contributed by atoms with van der Waals surface area (Å²) >= 11 is 6.19. The number of halogens is 2. The molecule has 1 atom stereocenters. The van der Waals surface area contributed by atoms with E-state index >= 15 is 0 Å². The minimum atomic E-state index is -0.147. The molecule has 1 saturated heterocycles. The van der Waals surface area contributed by atoms with Gasteiger partial charge in [-0.15, -0.1) is 12.4 Å². The molecule has 140 valence electrons. The first-order chi connectivity index (χ1) is 11.5. The molecule has 0 spiro atoms. The number of anilines is 1. The van der Waals surface area contributed by atoms with Crippen LogP contribution >= 0.6 is 24.0 Å². The number of hydrogen-bond donors (Lipinski definition) is 2. The van der Waals surface area contributed by atoms with E-state index in [1.165, 1.54) is 0 Å². The van der Waals surface area contributed by atoms with Gasteiger partial charge in [-0.1, -0.05) is 11.6 Å². The smallest absolute Gasteiger partial charge is 0.260 e. The van der Waals surface area contributed by atoms with Crippen molar-refractivity contribution in [2.75, 3.05) is 31.6 Å². The maximum atomic E-state index is 12.1. The van der Waals surface area contributed by atoms with E-state index in [0.717, 1.165) is 19.4 Å². The molecule has 0 bridgehead atoms. The summed E-state index contributed by atoms with van der Waals surface area (Å²) in [5.74, 6) is 0.281. The van der Waals surface area contributed by atoms with Crippen molar-refractivity contribution in [3.05, 3.63) is 23.2 Å². The average molecular weight is 390 g/mol. The van der Waals surface area contributed by atoms with Crippen LogP contribution < -0.4 is 15.4 Å². The summed E-state index contributed by atoms with van der Waals surface area (Å²) in [5, 5.41) is 6.34. The summed E-state index contributed by atoms with van der Waals surface area (Å²) in [6.07, 6.45) is 1.85. The van der Waals surface area contributed by atoms with E-state index in [4.69, 9.17) is 16.3 Å². The van der Waals surface area contributed by atoms with Crippen LogP contribution in [0.25, 0.3) is 0 Å². The SMILES string of the molecule is CCN(CC)C(=O)COc1ccc(NC(=O)C2CCCN2)cc1Cl.Cl. The number of likely N-dealkylation sites (N-methyl/N-ethyl adjacent to an activating group) is 1. The van der Waals surface area contributed by atoms with E-state index in [-0.39, 0.29) is 36.9 Å². The number of nitrogens with one attached hydrogen (secondary N) is 2. The Labute approximate surface area is 159 Å². The second-order valence-corrected chi connectivity index (χ2v) is 6.05. The van der Waals surface area contributed by atoms with Crippen molar-refractivity contribution in [3.63, 3.8) is 0 Å². The average Bonchev–Trinajstić information content (AvgIpc) is 3.10. The van der Waals surface area contributed by atoms with Crippen LogP contribution in [0.5, 0.6) is 5.75 Å². The minimum absolute atomic E-state index is 0. The molecule has 2 N–H and O–H groups in total. The highest BCUT2D eigenvalue weighted by Crippen LogP contribution is 2.28. The van der Waals surface area contributed by atoms with Crippen LogP contribution in [0.1, 0.15) is 26.7 Å². The highest BCUT2D eigenvalue weighted by molar-refractivity contribution is 6.32. The lowest BCUT2D eigenvalue weighted by molar-refractivity contribution is -0.133. The van der Waals surface area contributed by atoms with E-state index < -0.39 is 0 Å². The van der Waals surface area contributed by atoms with Crippen LogP contribution in [-0.4, -0.2) is 49.0 Å². The molecule has 1 unspecified atom stereocenters. The van der Waals surface area contributed by atoms with Crippen LogP contribution in [-0.2, 0) is 9.59 Å². The number of amides is 2. The Morgan fingerprint density at radius 1 is 1.36 bits per heavy atom. The number of nitrogens with zero attached hydrogens (tertiary/aromatic N) is 1. The zero-order valence-electron chi connectivity index (χ0n) is 14.5. The Morgan fingerprint density at radius 3 is 2.64 bits per heavy atom. The van der Waals surface area contributed by atoms with Gasteiger partial charge in [-0.3, -0.25) is 9.59 Å². The number of carbonyl (C=O) groups excluding carboxylic acids is 2. The first-order valence-corrected chi connectivity index (χ1v) is 8.67. The quantitative estimate of drug-likeness (QED) is 0.751. The molecule has 1 aliphatic rings. The third-order valence-electron chi connectivity index (χ3n) is 4.04. The van der Waals surface area contributed by atoms with Gasteiger partial charge in [0.15, 0.2) is 6.61 Å². The summed E-state index contributed by atoms with van der Waals surface area (Å²) in [6.45, 7) is 5.95. The summed E-state index contributed by atoms with van der Waals surface area (Å²) in [4.78, 5) is 25.7. The van der Waals surface area contributed by atoms with E-state index in [0.29, 0.717) is 29.5 Å².